The second kappa shape index (κ2) is 5.06. The van der Waals surface area contributed by atoms with Crippen LogP contribution in [0.15, 0.2) is 28.7 Å². The first-order valence-corrected chi connectivity index (χ1v) is 7.35. The molecule has 1 heterocycles. The van der Waals surface area contributed by atoms with Gasteiger partial charge in [0.05, 0.1) is 5.92 Å². The molecule has 1 saturated carbocycles. The summed E-state index contributed by atoms with van der Waals surface area (Å²) in [5.41, 5.74) is 1.12. The van der Waals surface area contributed by atoms with E-state index < -0.39 is 0 Å². The zero-order chi connectivity index (χ0) is 12.5. The number of fused-ring (bicyclic) bond motifs is 1. The maximum absolute atomic E-state index is 12.1. The van der Waals surface area contributed by atoms with Crippen molar-refractivity contribution in [2.45, 2.75) is 31.7 Å². The average Bonchev–Trinajstić information content (AvgIpc) is 2.39. The van der Waals surface area contributed by atoms with E-state index in [2.05, 4.69) is 26.4 Å². The van der Waals surface area contributed by atoms with Crippen molar-refractivity contribution >= 4 is 34.3 Å². The van der Waals surface area contributed by atoms with Gasteiger partial charge in [-0.05, 0) is 30.4 Å². The molecule has 0 bridgehead atoms. The van der Waals surface area contributed by atoms with Crippen LogP contribution in [0.2, 0.25) is 0 Å². The van der Waals surface area contributed by atoms with Gasteiger partial charge in [-0.1, -0.05) is 40.9 Å². The molecule has 1 aliphatic heterocycles. The van der Waals surface area contributed by atoms with Crippen LogP contribution in [0, 0.1) is 5.92 Å². The Bertz CT molecular complexity index is 451. The predicted molar refractivity (Wildman–Crippen MR) is 76.6 cm³/mol. The SMILES string of the molecule is O=C1NB(c2ccc(Br)cc2)NC2CCCCC12. The summed E-state index contributed by atoms with van der Waals surface area (Å²) in [6.45, 7) is -0.0371. The van der Waals surface area contributed by atoms with Crippen LogP contribution in [0.5, 0.6) is 0 Å². The second-order valence-electron chi connectivity index (χ2n) is 5.16. The van der Waals surface area contributed by atoms with Crippen molar-refractivity contribution in [3.63, 3.8) is 0 Å². The fourth-order valence-corrected chi connectivity index (χ4v) is 3.25. The molecule has 2 fully saturated rings. The molecule has 2 N–H and O–H groups in total. The molecule has 2 aliphatic rings. The number of carbonyl (C=O) groups excluding carboxylic acids is 1. The number of nitrogens with one attached hydrogen (secondary N) is 2. The molecule has 1 saturated heterocycles. The first-order valence-electron chi connectivity index (χ1n) is 6.56. The molecule has 0 radical (unpaired) electrons. The zero-order valence-corrected chi connectivity index (χ0v) is 11.7. The Labute approximate surface area is 116 Å². The van der Waals surface area contributed by atoms with E-state index in [1.807, 2.05) is 24.3 Å². The lowest BCUT2D eigenvalue weighted by Gasteiger charge is -2.38. The lowest BCUT2D eigenvalue weighted by Crippen LogP contribution is -2.69. The molecule has 18 heavy (non-hydrogen) atoms. The molecule has 1 amide bonds. The van der Waals surface area contributed by atoms with Crippen molar-refractivity contribution in [1.29, 1.82) is 0 Å². The number of amides is 1. The molecule has 1 aromatic carbocycles. The van der Waals surface area contributed by atoms with E-state index in [0.717, 1.165) is 22.8 Å². The Hall–Kier alpha value is -0.805. The van der Waals surface area contributed by atoms with E-state index in [-0.39, 0.29) is 18.8 Å². The van der Waals surface area contributed by atoms with Crippen LogP contribution in [-0.2, 0) is 4.79 Å². The van der Waals surface area contributed by atoms with E-state index in [1.165, 1.54) is 12.8 Å². The topological polar surface area (TPSA) is 41.1 Å². The summed E-state index contributed by atoms with van der Waals surface area (Å²) in [7, 11) is 0. The standard InChI is InChI=1S/C13H16BBrN2O/c15-10-7-5-9(6-8-10)14-16-12-4-2-1-3-11(12)13(18)17-14/h5-8,11-12,16H,1-4H2,(H,17,18). The Morgan fingerprint density at radius 2 is 1.89 bits per heavy atom. The first kappa shape index (κ1) is 12.2. The number of hydrogen-bond acceptors (Lipinski definition) is 2. The molecule has 1 aliphatic carbocycles. The van der Waals surface area contributed by atoms with Crippen molar-refractivity contribution in [2.24, 2.45) is 5.92 Å². The van der Waals surface area contributed by atoms with Crippen LogP contribution in [0.4, 0.5) is 0 Å². The second-order valence-corrected chi connectivity index (χ2v) is 6.07. The number of benzene rings is 1. The highest BCUT2D eigenvalue weighted by molar-refractivity contribution is 9.10. The van der Waals surface area contributed by atoms with Gasteiger partial charge in [0.15, 0.2) is 0 Å². The average molecular weight is 307 g/mol. The van der Waals surface area contributed by atoms with Crippen molar-refractivity contribution in [2.75, 3.05) is 0 Å². The molecule has 0 spiro atoms. The van der Waals surface area contributed by atoms with Gasteiger partial charge < -0.3 is 10.5 Å². The fraction of sp³-hybridized carbons (Fsp3) is 0.462. The molecular weight excluding hydrogens is 291 g/mol. The lowest BCUT2D eigenvalue weighted by atomic mass is 9.62. The van der Waals surface area contributed by atoms with Gasteiger partial charge in [0, 0.05) is 10.5 Å². The van der Waals surface area contributed by atoms with Gasteiger partial charge in [-0.3, -0.25) is 4.79 Å². The van der Waals surface area contributed by atoms with E-state index in [4.69, 9.17) is 0 Å². The zero-order valence-electron chi connectivity index (χ0n) is 10.2. The summed E-state index contributed by atoms with van der Waals surface area (Å²) in [6, 6.07) is 8.46. The van der Waals surface area contributed by atoms with Gasteiger partial charge in [-0.15, -0.1) is 0 Å². The summed E-state index contributed by atoms with van der Waals surface area (Å²) in [4.78, 5) is 12.1. The van der Waals surface area contributed by atoms with Gasteiger partial charge in [0.2, 0.25) is 5.91 Å². The minimum Gasteiger partial charge on any atom is -0.381 e. The molecule has 3 nitrogen and oxygen atoms in total. The highest BCUT2D eigenvalue weighted by Gasteiger charge is 2.39. The summed E-state index contributed by atoms with van der Waals surface area (Å²) in [6.07, 6.45) is 4.55. The van der Waals surface area contributed by atoms with Crippen LogP contribution in [0.3, 0.4) is 0 Å². The summed E-state index contributed by atoms with van der Waals surface area (Å²) >= 11 is 3.43. The van der Waals surface area contributed by atoms with Crippen LogP contribution in [0.25, 0.3) is 0 Å². The van der Waals surface area contributed by atoms with E-state index in [9.17, 15) is 4.79 Å². The molecule has 94 valence electrons. The lowest BCUT2D eigenvalue weighted by molar-refractivity contribution is -0.125. The van der Waals surface area contributed by atoms with Crippen molar-refractivity contribution in [3.8, 4) is 0 Å². The van der Waals surface area contributed by atoms with Crippen LogP contribution < -0.4 is 15.9 Å². The third-order valence-corrected chi connectivity index (χ3v) is 4.50. The molecular formula is C13H16BBrN2O. The van der Waals surface area contributed by atoms with Crippen LogP contribution >= 0.6 is 15.9 Å². The Balaban J connectivity index is 1.78. The smallest absolute Gasteiger partial charge is 0.375 e. The molecule has 2 unspecified atom stereocenters. The summed E-state index contributed by atoms with van der Waals surface area (Å²) in [5.74, 6) is 0.386. The molecule has 0 aromatic heterocycles. The highest BCUT2D eigenvalue weighted by Crippen LogP contribution is 2.26. The largest absolute Gasteiger partial charge is 0.381 e. The molecule has 5 heteroatoms. The normalized spacial score (nSPS) is 27.6. The third kappa shape index (κ3) is 2.34. The predicted octanol–water partition coefficient (Wildman–Crippen LogP) is 1.42. The van der Waals surface area contributed by atoms with E-state index in [0.29, 0.717) is 6.04 Å². The Kier molecular flexibility index (Phi) is 3.44. The molecule has 3 rings (SSSR count). The third-order valence-electron chi connectivity index (χ3n) is 3.97. The minimum absolute atomic E-state index is 0.0371. The number of halogens is 1. The highest BCUT2D eigenvalue weighted by atomic mass is 79.9. The van der Waals surface area contributed by atoms with Gasteiger partial charge in [-0.25, -0.2) is 0 Å². The molecule has 2 atom stereocenters. The van der Waals surface area contributed by atoms with E-state index >= 15 is 0 Å². The minimum atomic E-state index is -0.0371. The first-order chi connectivity index (χ1) is 8.74. The summed E-state index contributed by atoms with van der Waals surface area (Å²) < 4.78 is 1.06. The maximum Gasteiger partial charge on any atom is 0.375 e. The fourth-order valence-electron chi connectivity index (χ4n) is 2.98. The van der Waals surface area contributed by atoms with Crippen molar-refractivity contribution < 1.29 is 4.79 Å². The monoisotopic (exact) mass is 306 g/mol. The van der Waals surface area contributed by atoms with Gasteiger partial charge in [0.1, 0.15) is 0 Å². The summed E-state index contributed by atoms with van der Waals surface area (Å²) in [5, 5.41) is 6.66. The Morgan fingerprint density at radius 1 is 1.17 bits per heavy atom. The Morgan fingerprint density at radius 3 is 2.67 bits per heavy atom. The quantitative estimate of drug-likeness (QED) is 0.771. The van der Waals surface area contributed by atoms with Gasteiger partial charge in [0.25, 0.3) is 0 Å². The molecule has 1 aromatic rings. The number of hydrogen-bond donors (Lipinski definition) is 2. The van der Waals surface area contributed by atoms with Gasteiger partial charge >= 0.3 is 6.98 Å². The van der Waals surface area contributed by atoms with Crippen LogP contribution in [0.1, 0.15) is 25.7 Å². The number of carbonyl (C=O) groups is 1. The van der Waals surface area contributed by atoms with E-state index in [1.54, 1.807) is 0 Å². The number of rotatable bonds is 1. The van der Waals surface area contributed by atoms with Crippen molar-refractivity contribution in [1.82, 2.24) is 10.5 Å². The van der Waals surface area contributed by atoms with Gasteiger partial charge in [-0.2, -0.15) is 0 Å². The van der Waals surface area contributed by atoms with Crippen LogP contribution in [-0.4, -0.2) is 18.9 Å². The van der Waals surface area contributed by atoms with Crippen molar-refractivity contribution in [3.05, 3.63) is 28.7 Å². The maximum atomic E-state index is 12.1.